The summed E-state index contributed by atoms with van der Waals surface area (Å²) in [5.41, 5.74) is 6.32. The first-order valence-electron chi connectivity index (χ1n) is 12.3. The van der Waals surface area contributed by atoms with Crippen molar-refractivity contribution in [2.24, 2.45) is 5.92 Å². The number of hydrogen-bond donors (Lipinski definition) is 2. The van der Waals surface area contributed by atoms with Gasteiger partial charge in [0, 0.05) is 35.6 Å². The number of benzene rings is 1. The number of fused-ring (bicyclic) bond motifs is 1. The Kier molecular flexibility index (Phi) is 6.97. The molecule has 2 aromatic rings. The zero-order valence-corrected chi connectivity index (χ0v) is 21.2. The lowest BCUT2D eigenvalue weighted by atomic mass is 9.90. The molecular formula is C26H32BrN3O4. The van der Waals surface area contributed by atoms with Crippen molar-refractivity contribution in [1.29, 1.82) is 0 Å². The number of aromatic nitrogens is 1. The number of likely N-dealkylation sites (tertiary alicyclic amines) is 1. The predicted molar refractivity (Wildman–Crippen MR) is 133 cm³/mol. The van der Waals surface area contributed by atoms with Gasteiger partial charge in [0.05, 0.1) is 13.2 Å². The van der Waals surface area contributed by atoms with Crippen LogP contribution < -0.4 is 5.32 Å². The molecule has 7 nitrogen and oxygen atoms in total. The zero-order valence-electron chi connectivity index (χ0n) is 19.6. The Morgan fingerprint density at radius 1 is 1.12 bits per heavy atom. The number of ether oxygens (including phenoxy) is 2. The van der Waals surface area contributed by atoms with E-state index in [0.29, 0.717) is 19.8 Å². The highest BCUT2D eigenvalue weighted by atomic mass is 79.9. The number of amides is 2. The normalized spacial score (nSPS) is 21.4. The number of rotatable bonds is 5. The van der Waals surface area contributed by atoms with Crippen LogP contribution in [0.4, 0.5) is 4.79 Å². The lowest BCUT2D eigenvalue weighted by Crippen LogP contribution is -2.53. The molecule has 1 aromatic heterocycles. The molecule has 3 aliphatic rings. The highest BCUT2D eigenvalue weighted by molar-refractivity contribution is 9.10. The van der Waals surface area contributed by atoms with Crippen LogP contribution in [0.15, 0.2) is 28.7 Å². The fourth-order valence-electron chi connectivity index (χ4n) is 5.88. The zero-order chi connectivity index (χ0) is 23.7. The van der Waals surface area contributed by atoms with Crippen molar-refractivity contribution in [3.8, 4) is 11.3 Å². The predicted octanol–water partition coefficient (Wildman–Crippen LogP) is 4.75. The van der Waals surface area contributed by atoms with E-state index in [4.69, 9.17) is 9.47 Å². The maximum absolute atomic E-state index is 13.9. The molecule has 34 heavy (non-hydrogen) atoms. The second-order valence-electron chi connectivity index (χ2n) is 9.48. The molecule has 0 spiro atoms. The molecule has 1 aliphatic carbocycles. The van der Waals surface area contributed by atoms with Gasteiger partial charge in [0.25, 0.3) is 0 Å². The van der Waals surface area contributed by atoms with Gasteiger partial charge in [0.15, 0.2) is 0 Å². The Morgan fingerprint density at radius 2 is 1.85 bits per heavy atom. The molecule has 8 heteroatoms. The van der Waals surface area contributed by atoms with Gasteiger partial charge in [-0.2, -0.15) is 0 Å². The number of carbonyl (C=O) groups excluding carboxylic acids is 2. The Bertz CT molecular complexity index is 1050. The number of nitrogens with zero attached hydrogens (tertiary/aromatic N) is 1. The molecule has 2 N–H and O–H groups in total. The monoisotopic (exact) mass is 529 g/mol. The summed E-state index contributed by atoms with van der Waals surface area (Å²) in [7, 11) is 1.34. The van der Waals surface area contributed by atoms with E-state index in [9.17, 15) is 9.59 Å². The number of hydrogen-bond acceptors (Lipinski definition) is 4. The van der Waals surface area contributed by atoms with Crippen LogP contribution in [-0.4, -0.2) is 54.8 Å². The number of nitrogens with one attached hydrogen (secondary N) is 2. The Morgan fingerprint density at radius 3 is 2.59 bits per heavy atom. The average Bonchev–Trinajstić information content (AvgIpc) is 3.60. The summed E-state index contributed by atoms with van der Waals surface area (Å²) in [4.78, 5) is 31.8. The van der Waals surface area contributed by atoms with Crippen LogP contribution in [0, 0.1) is 5.92 Å². The first-order valence-corrected chi connectivity index (χ1v) is 13.1. The minimum atomic E-state index is -0.592. The van der Waals surface area contributed by atoms with E-state index in [1.165, 1.54) is 35.2 Å². The van der Waals surface area contributed by atoms with Gasteiger partial charge in [-0.1, -0.05) is 28.1 Å². The second-order valence-corrected chi connectivity index (χ2v) is 10.4. The van der Waals surface area contributed by atoms with Crippen molar-refractivity contribution >= 4 is 27.9 Å². The number of H-pyrrole nitrogens is 1. The topological polar surface area (TPSA) is 83.7 Å². The van der Waals surface area contributed by atoms with E-state index >= 15 is 0 Å². The summed E-state index contributed by atoms with van der Waals surface area (Å²) in [5.74, 6) is 0.0422. The van der Waals surface area contributed by atoms with Crippen molar-refractivity contribution in [1.82, 2.24) is 15.2 Å². The summed E-state index contributed by atoms with van der Waals surface area (Å²) >= 11 is 3.53. The fraction of sp³-hybridized carbons (Fsp3) is 0.538. The van der Waals surface area contributed by atoms with Gasteiger partial charge in [-0.25, -0.2) is 4.79 Å². The van der Waals surface area contributed by atoms with Crippen LogP contribution in [0.25, 0.3) is 11.3 Å². The number of aromatic amines is 1. The number of halogens is 1. The maximum Gasteiger partial charge on any atom is 0.407 e. The van der Waals surface area contributed by atoms with E-state index in [2.05, 4.69) is 50.5 Å². The molecule has 2 atom stereocenters. The highest BCUT2D eigenvalue weighted by Gasteiger charge is 2.41. The molecule has 0 radical (unpaired) electrons. The minimum absolute atomic E-state index is 0.00494. The quantitative estimate of drug-likeness (QED) is 0.585. The number of methoxy groups -OCH3 is 1. The van der Waals surface area contributed by atoms with Gasteiger partial charge < -0.3 is 24.7 Å². The van der Waals surface area contributed by atoms with E-state index in [-0.39, 0.29) is 17.9 Å². The van der Waals surface area contributed by atoms with Crippen molar-refractivity contribution < 1.29 is 19.1 Å². The van der Waals surface area contributed by atoms with Crippen LogP contribution in [0.1, 0.15) is 55.0 Å². The van der Waals surface area contributed by atoms with E-state index in [0.717, 1.165) is 49.4 Å². The smallest absolute Gasteiger partial charge is 0.407 e. The first-order chi connectivity index (χ1) is 16.6. The van der Waals surface area contributed by atoms with Crippen molar-refractivity contribution in [2.75, 3.05) is 26.9 Å². The molecule has 2 unspecified atom stereocenters. The van der Waals surface area contributed by atoms with Gasteiger partial charge >= 0.3 is 6.09 Å². The molecule has 2 saturated heterocycles. The molecule has 1 aromatic carbocycles. The SMILES string of the molecule is COC(=O)NC(C(=O)N1CCCC1c1[nH]c(-c2ccc(Br)cc2)c2c1CCC2)C1CCOCC1. The highest BCUT2D eigenvalue weighted by Crippen LogP contribution is 2.42. The standard InChI is InChI=1S/C26H32BrN3O4/c1-33-26(32)29-23(17-11-14-34-15-12-17)25(31)30-13-3-6-21(30)24-20-5-2-4-19(20)22(28-24)16-7-9-18(27)10-8-16/h7-10,17,21,23,28H,2-6,11-15H2,1H3,(H,29,32). The van der Waals surface area contributed by atoms with Crippen LogP contribution in [0.3, 0.4) is 0 Å². The maximum atomic E-state index is 13.9. The van der Waals surface area contributed by atoms with Crippen molar-refractivity contribution in [2.45, 2.75) is 57.0 Å². The molecular weight excluding hydrogens is 498 g/mol. The lowest BCUT2D eigenvalue weighted by Gasteiger charge is -2.34. The minimum Gasteiger partial charge on any atom is -0.453 e. The molecule has 3 heterocycles. The van der Waals surface area contributed by atoms with Crippen LogP contribution in [-0.2, 0) is 27.1 Å². The fourth-order valence-corrected chi connectivity index (χ4v) is 6.14. The third-order valence-electron chi connectivity index (χ3n) is 7.57. The summed E-state index contributed by atoms with van der Waals surface area (Å²) in [6.45, 7) is 1.93. The number of alkyl carbamates (subject to hydrolysis) is 1. The molecule has 2 fully saturated rings. The first kappa shape index (κ1) is 23.4. The number of carbonyl (C=O) groups is 2. The molecule has 0 saturated carbocycles. The third kappa shape index (κ3) is 4.50. The Labute approximate surface area is 208 Å². The summed E-state index contributed by atoms with van der Waals surface area (Å²) in [6, 6.07) is 7.82. The van der Waals surface area contributed by atoms with Crippen molar-refractivity contribution in [3.05, 3.63) is 45.6 Å². The van der Waals surface area contributed by atoms with Gasteiger partial charge in [0.1, 0.15) is 6.04 Å². The summed E-state index contributed by atoms with van der Waals surface area (Å²) in [6.07, 6.45) is 6.08. The average molecular weight is 530 g/mol. The molecule has 2 amide bonds. The second kappa shape index (κ2) is 10.1. The largest absolute Gasteiger partial charge is 0.453 e. The van der Waals surface area contributed by atoms with E-state index in [1.54, 1.807) is 0 Å². The summed E-state index contributed by atoms with van der Waals surface area (Å²) in [5, 5.41) is 2.85. The van der Waals surface area contributed by atoms with E-state index < -0.39 is 12.1 Å². The third-order valence-corrected chi connectivity index (χ3v) is 8.10. The molecule has 5 rings (SSSR count). The Balaban J connectivity index is 1.45. The molecule has 182 valence electrons. The van der Waals surface area contributed by atoms with Gasteiger partial charge in [-0.05, 0) is 79.7 Å². The Hall–Kier alpha value is -2.32. The van der Waals surface area contributed by atoms with Gasteiger partial charge in [0.2, 0.25) is 5.91 Å². The van der Waals surface area contributed by atoms with E-state index in [1.807, 2.05) is 4.90 Å². The van der Waals surface area contributed by atoms with Crippen LogP contribution in [0.5, 0.6) is 0 Å². The van der Waals surface area contributed by atoms with Crippen molar-refractivity contribution in [3.63, 3.8) is 0 Å². The summed E-state index contributed by atoms with van der Waals surface area (Å²) < 4.78 is 11.4. The van der Waals surface area contributed by atoms with Gasteiger partial charge in [-0.3, -0.25) is 4.79 Å². The van der Waals surface area contributed by atoms with Gasteiger partial charge in [-0.15, -0.1) is 0 Å². The molecule has 0 bridgehead atoms. The lowest BCUT2D eigenvalue weighted by molar-refractivity contribution is -0.136. The van der Waals surface area contributed by atoms with Crippen LogP contribution in [0.2, 0.25) is 0 Å². The molecule has 2 aliphatic heterocycles. The van der Waals surface area contributed by atoms with Crippen LogP contribution >= 0.6 is 15.9 Å².